The van der Waals surface area contributed by atoms with Gasteiger partial charge in [0.05, 0.1) is 23.7 Å². The van der Waals surface area contributed by atoms with Gasteiger partial charge in [0.1, 0.15) is 0 Å². The first kappa shape index (κ1) is 17.9. The van der Waals surface area contributed by atoms with Crippen LogP contribution in [0.1, 0.15) is 47.1 Å². The minimum Gasteiger partial charge on any atom is -0.461 e. The van der Waals surface area contributed by atoms with Gasteiger partial charge in [0.25, 0.3) is 0 Å². The SMILES string of the molecule is CCOC(=O)c1nc2cc(C)c(C)cc2nc1N[C@H](C)c1ccccc1. The van der Waals surface area contributed by atoms with E-state index in [1.54, 1.807) is 6.92 Å². The predicted molar refractivity (Wildman–Crippen MR) is 103 cm³/mol. The largest absolute Gasteiger partial charge is 0.461 e. The van der Waals surface area contributed by atoms with Gasteiger partial charge in [0, 0.05) is 0 Å². The highest BCUT2D eigenvalue weighted by molar-refractivity contribution is 5.95. The lowest BCUT2D eigenvalue weighted by molar-refractivity contribution is 0.0520. The average Bonchev–Trinajstić information content (AvgIpc) is 2.63. The summed E-state index contributed by atoms with van der Waals surface area (Å²) in [7, 11) is 0. The molecule has 0 spiro atoms. The number of nitrogens with zero attached hydrogens (tertiary/aromatic N) is 2. The van der Waals surface area contributed by atoms with Gasteiger partial charge in [-0.05, 0) is 56.5 Å². The maximum Gasteiger partial charge on any atom is 0.360 e. The molecule has 5 nitrogen and oxygen atoms in total. The topological polar surface area (TPSA) is 64.1 Å². The molecule has 5 heteroatoms. The number of benzene rings is 2. The number of rotatable bonds is 5. The number of hydrogen-bond donors (Lipinski definition) is 1. The zero-order valence-corrected chi connectivity index (χ0v) is 15.5. The van der Waals surface area contributed by atoms with Crippen LogP contribution in [0, 0.1) is 13.8 Å². The highest BCUT2D eigenvalue weighted by Crippen LogP contribution is 2.24. The predicted octanol–water partition coefficient (Wildman–Crippen LogP) is 4.60. The van der Waals surface area contributed by atoms with Crippen LogP contribution in [-0.2, 0) is 4.74 Å². The highest BCUT2D eigenvalue weighted by atomic mass is 16.5. The molecule has 0 amide bonds. The smallest absolute Gasteiger partial charge is 0.360 e. The first-order chi connectivity index (χ1) is 12.5. The molecule has 1 atom stereocenters. The van der Waals surface area contributed by atoms with Crippen LogP contribution in [-0.4, -0.2) is 22.5 Å². The third-order valence-corrected chi connectivity index (χ3v) is 4.40. The van der Waals surface area contributed by atoms with Crippen LogP contribution in [0.4, 0.5) is 5.82 Å². The summed E-state index contributed by atoms with van der Waals surface area (Å²) in [6, 6.07) is 13.9. The van der Waals surface area contributed by atoms with Crippen LogP contribution < -0.4 is 5.32 Å². The van der Waals surface area contributed by atoms with Crippen molar-refractivity contribution in [1.82, 2.24) is 9.97 Å². The molecule has 3 aromatic rings. The van der Waals surface area contributed by atoms with Gasteiger partial charge in [0.2, 0.25) is 0 Å². The van der Waals surface area contributed by atoms with Gasteiger partial charge < -0.3 is 10.1 Å². The molecule has 0 saturated heterocycles. The second kappa shape index (κ2) is 7.52. The molecule has 0 unspecified atom stereocenters. The van der Waals surface area contributed by atoms with E-state index in [2.05, 4.69) is 15.3 Å². The number of esters is 1. The molecule has 0 aliphatic heterocycles. The molecular weight excluding hydrogens is 326 g/mol. The zero-order valence-electron chi connectivity index (χ0n) is 15.5. The van der Waals surface area contributed by atoms with E-state index in [0.29, 0.717) is 17.9 Å². The molecule has 0 fully saturated rings. The molecule has 1 N–H and O–H groups in total. The van der Waals surface area contributed by atoms with Crippen LogP contribution in [0.5, 0.6) is 0 Å². The van der Waals surface area contributed by atoms with Gasteiger partial charge in [-0.25, -0.2) is 14.8 Å². The minimum atomic E-state index is -0.470. The number of carbonyl (C=O) groups is 1. The Hall–Kier alpha value is -2.95. The second-order valence-corrected chi connectivity index (χ2v) is 6.34. The Morgan fingerprint density at radius 1 is 1.08 bits per heavy atom. The Balaban J connectivity index is 2.07. The number of aromatic nitrogens is 2. The minimum absolute atomic E-state index is 0.0253. The third-order valence-electron chi connectivity index (χ3n) is 4.40. The summed E-state index contributed by atoms with van der Waals surface area (Å²) >= 11 is 0. The summed E-state index contributed by atoms with van der Waals surface area (Å²) in [6.07, 6.45) is 0. The zero-order chi connectivity index (χ0) is 18.7. The van der Waals surface area contributed by atoms with Crippen molar-refractivity contribution in [2.45, 2.75) is 33.7 Å². The highest BCUT2D eigenvalue weighted by Gasteiger charge is 2.20. The molecule has 1 heterocycles. The molecule has 134 valence electrons. The number of ether oxygens (including phenoxy) is 1. The summed E-state index contributed by atoms with van der Waals surface area (Å²) < 4.78 is 5.18. The number of fused-ring (bicyclic) bond motifs is 1. The van der Waals surface area contributed by atoms with Crippen molar-refractivity contribution in [3.05, 3.63) is 64.8 Å². The van der Waals surface area contributed by atoms with E-state index in [1.807, 2.05) is 63.2 Å². The van der Waals surface area contributed by atoms with Crippen LogP contribution in [0.2, 0.25) is 0 Å². The quantitative estimate of drug-likeness (QED) is 0.682. The maximum atomic E-state index is 12.4. The Labute approximate surface area is 153 Å². The van der Waals surface area contributed by atoms with Crippen molar-refractivity contribution in [3.8, 4) is 0 Å². The summed E-state index contributed by atoms with van der Waals surface area (Å²) in [4.78, 5) is 21.6. The van der Waals surface area contributed by atoms with Gasteiger partial charge in [-0.1, -0.05) is 30.3 Å². The monoisotopic (exact) mass is 349 g/mol. The van der Waals surface area contributed by atoms with Crippen LogP contribution in [0.15, 0.2) is 42.5 Å². The molecule has 1 aromatic heterocycles. The maximum absolute atomic E-state index is 12.4. The lowest BCUT2D eigenvalue weighted by atomic mass is 10.1. The van der Waals surface area contributed by atoms with Gasteiger partial charge in [-0.15, -0.1) is 0 Å². The normalized spacial score (nSPS) is 12.0. The van der Waals surface area contributed by atoms with Crippen molar-refractivity contribution >= 4 is 22.8 Å². The molecule has 3 rings (SSSR count). The fraction of sp³-hybridized carbons (Fsp3) is 0.286. The van der Waals surface area contributed by atoms with Crippen LogP contribution in [0.3, 0.4) is 0 Å². The molecule has 2 aromatic carbocycles. The first-order valence-electron chi connectivity index (χ1n) is 8.77. The number of aryl methyl sites for hydroxylation is 2. The van der Waals surface area contributed by atoms with Crippen LogP contribution in [0.25, 0.3) is 11.0 Å². The molecule has 0 aliphatic carbocycles. The third kappa shape index (κ3) is 3.67. The van der Waals surface area contributed by atoms with E-state index in [-0.39, 0.29) is 11.7 Å². The van der Waals surface area contributed by atoms with Gasteiger partial charge in [-0.3, -0.25) is 0 Å². The Morgan fingerprint density at radius 2 is 1.69 bits per heavy atom. The standard InChI is InChI=1S/C21H23N3O2/c1-5-26-21(25)19-20(22-15(4)16-9-7-6-8-10-16)24-18-12-14(3)13(2)11-17(18)23-19/h6-12,15H,5H2,1-4H3,(H,22,24)/t15-/m1/s1. The lowest BCUT2D eigenvalue weighted by Gasteiger charge is -2.17. The Kier molecular flexibility index (Phi) is 5.16. The summed E-state index contributed by atoms with van der Waals surface area (Å²) in [5, 5.41) is 3.32. The first-order valence-corrected chi connectivity index (χ1v) is 8.77. The van der Waals surface area contributed by atoms with Gasteiger partial charge >= 0.3 is 5.97 Å². The molecular formula is C21H23N3O2. The van der Waals surface area contributed by atoms with Crippen molar-refractivity contribution in [2.75, 3.05) is 11.9 Å². The fourth-order valence-electron chi connectivity index (χ4n) is 2.78. The number of anilines is 1. The Morgan fingerprint density at radius 3 is 2.31 bits per heavy atom. The molecule has 0 bridgehead atoms. The fourth-order valence-corrected chi connectivity index (χ4v) is 2.78. The molecule has 0 aliphatic rings. The van der Waals surface area contributed by atoms with Crippen molar-refractivity contribution < 1.29 is 9.53 Å². The second-order valence-electron chi connectivity index (χ2n) is 6.34. The van der Waals surface area contributed by atoms with E-state index < -0.39 is 5.97 Å². The number of carbonyl (C=O) groups excluding carboxylic acids is 1. The van der Waals surface area contributed by atoms with E-state index in [0.717, 1.165) is 22.2 Å². The molecule has 26 heavy (non-hydrogen) atoms. The van der Waals surface area contributed by atoms with E-state index in [4.69, 9.17) is 4.74 Å². The lowest BCUT2D eigenvalue weighted by Crippen LogP contribution is -2.16. The summed E-state index contributed by atoms with van der Waals surface area (Å²) in [5.74, 6) is -0.0292. The molecule has 0 radical (unpaired) electrons. The summed E-state index contributed by atoms with van der Waals surface area (Å²) in [6.45, 7) is 8.15. The molecule has 0 saturated carbocycles. The van der Waals surface area contributed by atoms with E-state index in [1.165, 1.54) is 0 Å². The van der Waals surface area contributed by atoms with Crippen molar-refractivity contribution in [3.63, 3.8) is 0 Å². The van der Waals surface area contributed by atoms with Gasteiger partial charge in [0.15, 0.2) is 11.5 Å². The van der Waals surface area contributed by atoms with Crippen molar-refractivity contribution in [2.24, 2.45) is 0 Å². The Bertz CT molecular complexity index is 939. The summed E-state index contributed by atoms with van der Waals surface area (Å²) in [5.41, 5.74) is 5.00. The van der Waals surface area contributed by atoms with E-state index in [9.17, 15) is 4.79 Å². The van der Waals surface area contributed by atoms with Crippen LogP contribution >= 0.6 is 0 Å². The number of hydrogen-bond acceptors (Lipinski definition) is 5. The average molecular weight is 349 g/mol. The van der Waals surface area contributed by atoms with Gasteiger partial charge in [-0.2, -0.15) is 0 Å². The number of nitrogens with one attached hydrogen (secondary N) is 1. The van der Waals surface area contributed by atoms with E-state index >= 15 is 0 Å². The van der Waals surface area contributed by atoms with Crippen molar-refractivity contribution in [1.29, 1.82) is 0 Å².